The summed E-state index contributed by atoms with van der Waals surface area (Å²) in [7, 11) is 3.07. The molecule has 2 rings (SSSR count). The van der Waals surface area contributed by atoms with Gasteiger partial charge in [-0.05, 0) is 12.8 Å². The number of hydrogen-bond donors (Lipinski definition) is 4. The Kier molecular flexibility index (Phi) is 8.26. The number of carbonyl (C=O) groups is 2. The van der Waals surface area contributed by atoms with Crippen molar-refractivity contribution in [1.29, 1.82) is 0 Å². The molecule has 2 aromatic rings. The molecule has 0 aliphatic carbocycles. The maximum absolute atomic E-state index is 11.6. The molecule has 4 N–H and O–H groups in total. The molecule has 0 atom stereocenters. The third kappa shape index (κ3) is 6.53. The van der Waals surface area contributed by atoms with Gasteiger partial charge in [0.1, 0.15) is 0 Å². The standard InChI is InChI=1S/C16H20N2O8S2/c19-11-5-6-12(20)17(11)25-15(23)3-1-9-27-28-10-2-4-16(24)26-18-13(21)7-8-14(18)22/h5-8,19-22H,1-4,9-10H2. The van der Waals surface area contributed by atoms with Crippen LogP contribution in [0.15, 0.2) is 24.3 Å². The van der Waals surface area contributed by atoms with Crippen LogP contribution in [0.1, 0.15) is 25.7 Å². The maximum Gasteiger partial charge on any atom is 0.333 e. The van der Waals surface area contributed by atoms with Crippen LogP contribution in [0.5, 0.6) is 23.5 Å². The number of aromatic hydroxyl groups is 4. The fourth-order valence-electron chi connectivity index (χ4n) is 1.95. The van der Waals surface area contributed by atoms with E-state index in [1.807, 2.05) is 0 Å². The fraction of sp³-hybridized carbons (Fsp3) is 0.375. The first-order valence-electron chi connectivity index (χ1n) is 8.24. The molecule has 0 unspecified atom stereocenters. The average Bonchev–Trinajstić information content (AvgIpc) is 3.14. The molecule has 0 bridgehead atoms. The molecule has 154 valence electrons. The Bertz CT molecular complexity index is 699. The molecular weight excluding hydrogens is 412 g/mol. The quantitative estimate of drug-likeness (QED) is 0.306. The molecule has 12 heteroatoms. The Balaban J connectivity index is 1.49. The summed E-state index contributed by atoms with van der Waals surface area (Å²) in [5, 5.41) is 37.5. The van der Waals surface area contributed by atoms with Crippen molar-refractivity contribution >= 4 is 33.5 Å². The molecule has 2 aromatic heterocycles. The van der Waals surface area contributed by atoms with Gasteiger partial charge in [0, 0.05) is 48.6 Å². The second kappa shape index (κ2) is 10.7. The molecule has 0 spiro atoms. The van der Waals surface area contributed by atoms with Crippen molar-refractivity contribution in [3.63, 3.8) is 0 Å². The van der Waals surface area contributed by atoms with Crippen LogP contribution in [0.25, 0.3) is 0 Å². The minimum absolute atomic E-state index is 0.126. The van der Waals surface area contributed by atoms with Crippen LogP contribution in [-0.4, -0.2) is 53.3 Å². The lowest BCUT2D eigenvalue weighted by atomic mass is 10.3. The van der Waals surface area contributed by atoms with Crippen LogP contribution < -0.4 is 9.68 Å². The van der Waals surface area contributed by atoms with Gasteiger partial charge in [0.25, 0.3) is 0 Å². The molecule has 10 nitrogen and oxygen atoms in total. The molecule has 0 aliphatic heterocycles. The highest BCUT2D eigenvalue weighted by atomic mass is 33.1. The predicted molar refractivity (Wildman–Crippen MR) is 102 cm³/mol. The van der Waals surface area contributed by atoms with Crippen molar-refractivity contribution in [2.24, 2.45) is 0 Å². The highest BCUT2D eigenvalue weighted by molar-refractivity contribution is 8.76. The number of nitrogens with zero attached hydrogens (tertiary/aromatic N) is 2. The first-order chi connectivity index (χ1) is 13.4. The van der Waals surface area contributed by atoms with E-state index in [-0.39, 0.29) is 36.4 Å². The van der Waals surface area contributed by atoms with Gasteiger partial charge in [0.15, 0.2) is 0 Å². The van der Waals surface area contributed by atoms with Crippen LogP contribution >= 0.6 is 21.6 Å². The van der Waals surface area contributed by atoms with Crippen molar-refractivity contribution in [2.45, 2.75) is 25.7 Å². The number of aromatic nitrogens is 2. The lowest BCUT2D eigenvalue weighted by Crippen LogP contribution is -2.18. The molecule has 0 aliphatic rings. The van der Waals surface area contributed by atoms with Crippen molar-refractivity contribution in [2.75, 3.05) is 11.5 Å². The van der Waals surface area contributed by atoms with Gasteiger partial charge in [-0.3, -0.25) is 0 Å². The Morgan fingerprint density at radius 2 is 1.04 bits per heavy atom. The Labute approximate surface area is 168 Å². The van der Waals surface area contributed by atoms with Gasteiger partial charge in [0.2, 0.25) is 23.5 Å². The summed E-state index contributed by atoms with van der Waals surface area (Å²) in [5.74, 6) is -1.25. The summed E-state index contributed by atoms with van der Waals surface area (Å²) in [4.78, 5) is 32.9. The number of hydrogen-bond acceptors (Lipinski definition) is 10. The lowest BCUT2D eigenvalue weighted by Gasteiger charge is -2.07. The molecule has 2 heterocycles. The van der Waals surface area contributed by atoms with E-state index in [2.05, 4.69) is 0 Å². The lowest BCUT2D eigenvalue weighted by molar-refractivity contribution is -0.146. The van der Waals surface area contributed by atoms with Gasteiger partial charge in [0.05, 0.1) is 0 Å². The Morgan fingerprint density at radius 1 is 0.714 bits per heavy atom. The molecule has 0 fully saturated rings. The summed E-state index contributed by atoms with van der Waals surface area (Å²) < 4.78 is 1.30. The molecule has 0 amide bonds. The third-order valence-corrected chi connectivity index (χ3v) is 5.86. The van der Waals surface area contributed by atoms with E-state index in [0.29, 0.717) is 33.8 Å². The number of carbonyl (C=O) groups excluding carboxylic acids is 2. The van der Waals surface area contributed by atoms with Crippen molar-refractivity contribution in [3.05, 3.63) is 24.3 Å². The van der Waals surface area contributed by atoms with E-state index in [0.717, 1.165) is 0 Å². The van der Waals surface area contributed by atoms with E-state index in [1.54, 1.807) is 0 Å². The third-order valence-electron chi connectivity index (χ3n) is 3.28. The van der Waals surface area contributed by atoms with Gasteiger partial charge in [-0.2, -0.15) is 0 Å². The molecule has 0 radical (unpaired) electrons. The smallest absolute Gasteiger partial charge is 0.333 e. The van der Waals surface area contributed by atoms with Crippen LogP contribution in [0, 0.1) is 0 Å². The van der Waals surface area contributed by atoms with E-state index in [4.69, 9.17) is 9.68 Å². The fourth-order valence-corrected chi connectivity index (χ4v) is 4.13. The molecular formula is C16H20N2O8S2. The average molecular weight is 432 g/mol. The summed E-state index contributed by atoms with van der Waals surface area (Å²) in [6.07, 6.45) is 1.35. The minimum Gasteiger partial charge on any atom is -0.492 e. The molecule has 28 heavy (non-hydrogen) atoms. The highest BCUT2D eigenvalue weighted by Gasteiger charge is 2.13. The van der Waals surface area contributed by atoms with Gasteiger partial charge in [-0.25, -0.2) is 9.59 Å². The zero-order valence-electron chi connectivity index (χ0n) is 14.7. The first kappa shape index (κ1) is 21.7. The maximum atomic E-state index is 11.6. The van der Waals surface area contributed by atoms with Crippen LogP contribution in [0.2, 0.25) is 0 Å². The molecule has 0 aromatic carbocycles. The topological polar surface area (TPSA) is 143 Å². The Morgan fingerprint density at radius 3 is 1.36 bits per heavy atom. The van der Waals surface area contributed by atoms with E-state index >= 15 is 0 Å². The normalized spacial score (nSPS) is 10.7. The molecule has 0 saturated carbocycles. The number of rotatable bonds is 11. The summed E-state index contributed by atoms with van der Waals surface area (Å²) in [6, 6.07) is 4.81. The monoisotopic (exact) mass is 432 g/mol. The van der Waals surface area contributed by atoms with Crippen molar-refractivity contribution in [3.8, 4) is 23.5 Å². The minimum atomic E-state index is -0.577. The zero-order chi connectivity index (χ0) is 20.5. The second-order valence-corrected chi connectivity index (χ2v) is 8.17. The van der Waals surface area contributed by atoms with E-state index in [1.165, 1.54) is 45.9 Å². The van der Waals surface area contributed by atoms with Crippen LogP contribution in [0.3, 0.4) is 0 Å². The summed E-state index contributed by atoms with van der Waals surface area (Å²) >= 11 is 0. The zero-order valence-corrected chi connectivity index (χ0v) is 16.3. The van der Waals surface area contributed by atoms with Gasteiger partial charge in [-0.15, -0.1) is 9.46 Å². The molecule has 0 saturated heterocycles. The second-order valence-electron chi connectivity index (χ2n) is 5.47. The SMILES string of the molecule is O=C(CCCSSCCCC(=O)On1c(O)ccc1O)On1c(O)ccc1O. The predicted octanol–water partition coefficient (Wildman–Crippen LogP) is 1.66. The van der Waals surface area contributed by atoms with E-state index in [9.17, 15) is 30.0 Å². The van der Waals surface area contributed by atoms with Crippen LogP contribution in [0.4, 0.5) is 0 Å². The Hall–Kier alpha value is -2.60. The van der Waals surface area contributed by atoms with Gasteiger partial charge in [-0.1, -0.05) is 21.6 Å². The summed E-state index contributed by atoms with van der Waals surface area (Å²) in [6.45, 7) is 0. The summed E-state index contributed by atoms with van der Waals surface area (Å²) in [5.41, 5.74) is 0. The largest absolute Gasteiger partial charge is 0.492 e. The van der Waals surface area contributed by atoms with E-state index < -0.39 is 11.9 Å². The van der Waals surface area contributed by atoms with Crippen molar-refractivity contribution < 1.29 is 39.7 Å². The van der Waals surface area contributed by atoms with Crippen molar-refractivity contribution in [1.82, 2.24) is 9.46 Å². The highest BCUT2D eigenvalue weighted by Crippen LogP contribution is 2.24. The van der Waals surface area contributed by atoms with Crippen LogP contribution in [-0.2, 0) is 9.59 Å². The van der Waals surface area contributed by atoms with Gasteiger partial charge < -0.3 is 30.1 Å². The van der Waals surface area contributed by atoms with Gasteiger partial charge >= 0.3 is 11.9 Å². The first-order valence-corrected chi connectivity index (χ1v) is 10.7.